The van der Waals surface area contributed by atoms with Crippen LogP contribution in [-0.2, 0) is 0 Å². The van der Waals surface area contributed by atoms with Crippen LogP contribution < -0.4 is 9.47 Å². The number of ether oxygens (including phenoxy) is 2. The van der Waals surface area contributed by atoms with Gasteiger partial charge >= 0.3 is 12.0 Å². The van der Waals surface area contributed by atoms with Crippen LogP contribution in [0.25, 0.3) is 0 Å². The first-order valence-corrected chi connectivity index (χ1v) is 3.81. The van der Waals surface area contributed by atoms with Crippen molar-refractivity contribution in [2.75, 3.05) is 13.2 Å². The molecule has 0 unspecified atom stereocenters. The Bertz CT molecular complexity index is 221. The summed E-state index contributed by atoms with van der Waals surface area (Å²) in [5.41, 5.74) is 0. The van der Waals surface area contributed by atoms with E-state index in [9.17, 15) is 0 Å². The van der Waals surface area contributed by atoms with E-state index in [1.165, 1.54) is 6.33 Å². The van der Waals surface area contributed by atoms with Gasteiger partial charge in [-0.25, -0.2) is 0 Å². The molecule has 1 aromatic rings. The fourth-order valence-corrected chi connectivity index (χ4v) is 0.664. The van der Waals surface area contributed by atoms with E-state index in [1.54, 1.807) is 0 Å². The molecular weight excluding hydrogens is 158 g/mol. The van der Waals surface area contributed by atoms with Crippen molar-refractivity contribution in [3.05, 3.63) is 6.33 Å². The van der Waals surface area contributed by atoms with Gasteiger partial charge in [0.25, 0.3) is 0 Å². The quantitative estimate of drug-likeness (QED) is 0.663. The molecule has 5 nitrogen and oxygen atoms in total. The Morgan fingerprint density at radius 2 is 1.58 bits per heavy atom. The highest BCUT2D eigenvalue weighted by molar-refractivity contribution is 4.99. The van der Waals surface area contributed by atoms with Gasteiger partial charge in [0.2, 0.25) is 0 Å². The molecular formula is C7H11N3O2. The topological polar surface area (TPSA) is 57.1 Å². The number of nitrogens with zero attached hydrogens (tertiary/aromatic N) is 3. The fraction of sp³-hybridized carbons (Fsp3) is 0.571. The third kappa shape index (κ3) is 2.34. The van der Waals surface area contributed by atoms with E-state index in [0.717, 1.165) is 0 Å². The maximum absolute atomic E-state index is 5.05. The Morgan fingerprint density at radius 3 is 2.00 bits per heavy atom. The van der Waals surface area contributed by atoms with Crippen molar-refractivity contribution in [3.63, 3.8) is 0 Å². The van der Waals surface area contributed by atoms with Crippen LogP contribution in [0, 0.1) is 0 Å². The summed E-state index contributed by atoms with van der Waals surface area (Å²) < 4.78 is 10.1. The van der Waals surface area contributed by atoms with Gasteiger partial charge in [0.05, 0.1) is 13.2 Å². The van der Waals surface area contributed by atoms with Gasteiger partial charge < -0.3 is 9.47 Å². The summed E-state index contributed by atoms with van der Waals surface area (Å²) in [6, 6.07) is 0.604. The number of aromatic nitrogens is 3. The van der Waals surface area contributed by atoms with Crippen molar-refractivity contribution in [3.8, 4) is 12.0 Å². The van der Waals surface area contributed by atoms with Crippen LogP contribution in [0.4, 0.5) is 0 Å². The summed E-state index contributed by atoms with van der Waals surface area (Å²) in [5.74, 6) is 0. The normalized spacial score (nSPS) is 9.50. The van der Waals surface area contributed by atoms with E-state index in [1.807, 2.05) is 13.8 Å². The lowest BCUT2D eigenvalue weighted by Gasteiger charge is -2.02. The van der Waals surface area contributed by atoms with Crippen molar-refractivity contribution in [2.24, 2.45) is 0 Å². The molecule has 0 fully saturated rings. The molecule has 12 heavy (non-hydrogen) atoms. The van der Waals surface area contributed by atoms with Crippen LogP contribution in [-0.4, -0.2) is 28.2 Å². The van der Waals surface area contributed by atoms with Gasteiger partial charge in [-0.1, -0.05) is 0 Å². The molecule has 0 atom stereocenters. The predicted octanol–water partition coefficient (Wildman–Crippen LogP) is 0.669. The van der Waals surface area contributed by atoms with E-state index in [-0.39, 0.29) is 0 Å². The lowest BCUT2D eigenvalue weighted by Crippen LogP contribution is -2.02. The van der Waals surface area contributed by atoms with Crippen LogP contribution in [0.15, 0.2) is 6.33 Å². The molecule has 0 spiro atoms. The molecule has 0 aliphatic rings. The molecule has 0 amide bonds. The van der Waals surface area contributed by atoms with E-state index in [2.05, 4.69) is 15.0 Å². The largest absolute Gasteiger partial charge is 0.464 e. The molecule has 0 N–H and O–H groups in total. The Hall–Kier alpha value is -1.39. The van der Waals surface area contributed by atoms with Crippen LogP contribution >= 0.6 is 0 Å². The monoisotopic (exact) mass is 169 g/mol. The van der Waals surface area contributed by atoms with Crippen LogP contribution in [0.5, 0.6) is 12.0 Å². The van der Waals surface area contributed by atoms with E-state index >= 15 is 0 Å². The second-order valence-electron chi connectivity index (χ2n) is 1.92. The highest BCUT2D eigenvalue weighted by Crippen LogP contribution is 2.05. The molecule has 0 aliphatic heterocycles. The SMILES string of the molecule is CCOc1ncnc(OCC)n1. The smallest absolute Gasteiger partial charge is 0.322 e. The van der Waals surface area contributed by atoms with Crippen LogP contribution in [0.1, 0.15) is 13.8 Å². The van der Waals surface area contributed by atoms with Crippen molar-refractivity contribution in [2.45, 2.75) is 13.8 Å². The molecule has 0 bridgehead atoms. The van der Waals surface area contributed by atoms with E-state index < -0.39 is 0 Å². The summed E-state index contributed by atoms with van der Waals surface area (Å²) in [7, 11) is 0. The molecule has 0 saturated heterocycles. The molecule has 0 aromatic carbocycles. The third-order valence-electron chi connectivity index (χ3n) is 1.07. The van der Waals surface area contributed by atoms with Crippen LogP contribution in [0.3, 0.4) is 0 Å². The predicted molar refractivity (Wildman–Crippen MR) is 42.2 cm³/mol. The molecule has 0 saturated carbocycles. The average molecular weight is 169 g/mol. The Labute approximate surface area is 70.8 Å². The van der Waals surface area contributed by atoms with Crippen molar-refractivity contribution < 1.29 is 9.47 Å². The highest BCUT2D eigenvalue weighted by atomic mass is 16.5. The number of rotatable bonds is 4. The Morgan fingerprint density at radius 1 is 1.08 bits per heavy atom. The van der Waals surface area contributed by atoms with Gasteiger partial charge in [-0.15, -0.1) is 4.98 Å². The minimum Gasteiger partial charge on any atom is -0.464 e. The Balaban J connectivity index is 2.67. The van der Waals surface area contributed by atoms with Gasteiger partial charge in [-0.2, -0.15) is 9.97 Å². The standard InChI is InChI=1S/C7H11N3O2/c1-3-11-6-8-5-9-7(10-6)12-4-2/h5H,3-4H2,1-2H3. The molecule has 0 radical (unpaired) electrons. The maximum atomic E-state index is 5.05. The first kappa shape index (κ1) is 8.70. The summed E-state index contributed by atoms with van der Waals surface area (Å²) in [6.07, 6.45) is 1.36. The van der Waals surface area contributed by atoms with Crippen molar-refractivity contribution in [1.82, 2.24) is 15.0 Å². The first-order chi connectivity index (χ1) is 5.86. The second kappa shape index (κ2) is 4.48. The van der Waals surface area contributed by atoms with Crippen molar-refractivity contribution in [1.29, 1.82) is 0 Å². The molecule has 5 heteroatoms. The molecule has 1 aromatic heterocycles. The number of hydrogen-bond acceptors (Lipinski definition) is 5. The van der Waals surface area contributed by atoms with E-state index in [0.29, 0.717) is 25.2 Å². The lowest BCUT2D eigenvalue weighted by molar-refractivity contribution is 0.279. The van der Waals surface area contributed by atoms with Gasteiger partial charge in [-0.05, 0) is 13.8 Å². The second-order valence-corrected chi connectivity index (χ2v) is 1.92. The average Bonchev–Trinajstić information content (AvgIpc) is 2.06. The van der Waals surface area contributed by atoms with Crippen molar-refractivity contribution >= 4 is 0 Å². The van der Waals surface area contributed by atoms with E-state index in [4.69, 9.17) is 9.47 Å². The minimum absolute atomic E-state index is 0.302. The fourth-order valence-electron chi connectivity index (χ4n) is 0.664. The zero-order valence-electron chi connectivity index (χ0n) is 7.15. The summed E-state index contributed by atoms with van der Waals surface area (Å²) in [4.78, 5) is 11.5. The Kier molecular flexibility index (Phi) is 3.25. The summed E-state index contributed by atoms with van der Waals surface area (Å²) in [6.45, 7) is 4.80. The van der Waals surface area contributed by atoms with Gasteiger partial charge in [-0.3, -0.25) is 0 Å². The summed E-state index contributed by atoms with van der Waals surface area (Å²) in [5, 5.41) is 0. The van der Waals surface area contributed by atoms with Gasteiger partial charge in [0, 0.05) is 0 Å². The third-order valence-corrected chi connectivity index (χ3v) is 1.07. The summed E-state index contributed by atoms with van der Waals surface area (Å²) >= 11 is 0. The maximum Gasteiger partial charge on any atom is 0.322 e. The molecule has 1 rings (SSSR count). The highest BCUT2D eigenvalue weighted by Gasteiger charge is 1.99. The lowest BCUT2D eigenvalue weighted by atomic mass is 10.8. The zero-order chi connectivity index (χ0) is 8.81. The molecule has 0 aliphatic carbocycles. The first-order valence-electron chi connectivity index (χ1n) is 3.81. The zero-order valence-corrected chi connectivity index (χ0v) is 7.15. The van der Waals surface area contributed by atoms with Gasteiger partial charge in [0.1, 0.15) is 6.33 Å². The molecule has 66 valence electrons. The number of hydrogen-bond donors (Lipinski definition) is 0. The van der Waals surface area contributed by atoms with Gasteiger partial charge in [0.15, 0.2) is 0 Å². The molecule has 1 heterocycles. The van der Waals surface area contributed by atoms with Crippen LogP contribution in [0.2, 0.25) is 0 Å². The minimum atomic E-state index is 0.302.